The molecule has 4 aromatic carbocycles. The van der Waals surface area contributed by atoms with E-state index in [0.717, 1.165) is 27.7 Å². The number of nitrogens with zero attached hydrogens (tertiary/aromatic N) is 1. The van der Waals surface area contributed by atoms with Gasteiger partial charge in [0.05, 0.1) is 16.7 Å². The van der Waals surface area contributed by atoms with Gasteiger partial charge in [0, 0.05) is 18.3 Å². The molecule has 0 aliphatic heterocycles. The number of aromatic nitrogens is 2. The summed E-state index contributed by atoms with van der Waals surface area (Å²) in [6.07, 6.45) is 1.89. The third-order valence-electron chi connectivity index (χ3n) is 5.47. The Bertz CT molecular complexity index is 1470. The number of rotatable bonds is 6. The standard InChI is InChI=1S/C28H22N4O2.H2O.H2/c33-28(24(20-9-5-2-6-10-20)17-19-7-3-1-4-8-19)29-22-13-11-21(12-14-22)27-30-25-16-15-23(32-34)18-26(25)31-27;;/h1-18,32,34H,(H,29,33)(H,30,31);1H2;1H/b24-17+;;. The summed E-state index contributed by atoms with van der Waals surface area (Å²) < 4.78 is 0. The molecule has 7 nitrogen and oxygen atoms in total. The Labute approximate surface area is 203 Å². The molecule has 0 bridgehead atoms. The van der Waals surface area contributed by atoms with Gasteiger partial charge in [-0.3, -0.25) is 15.5 Å². The summed E-state index contributed by atoms with van der Waals surface area (Å²) in [7, 11) is 0. The van der Waals surface area contributed by atoms with Gasteiger partial charge >= 0.3 is 0 Å². The lowest BCUT2D eigenvalue weighted by Gasteiger charge is -2.10. The maximum absolute atomic E-state index is 13.2. The van der Waals surface area contributed by atoms with Crippen LogP contribution in [0.1, 0.15) is 12.6 Å². The van der Waals surface area contributed by atoms with Gasteiger partial charge in [-0.15, -0.1) is 0 Å². The van der Waals surface area contributed by atoms with Crippen molar-refractivity contribution in [3.8, 4) is 11.4 Å². The average molecular weight is 467 g/mol. The van der Waals surface area contributed by atoms with Gasteiger partial charge in [-0.1, -0.05) is 60.7 Å². The topological polar surface area (TPSA) is 122 Å². The van der Waals surface area contributed by atoms with Crippen LogP contribution < -0.4 is 10.8 Å². The van der Waals surface area contributed by atoms with Crippen LogP contribution in [0.15, 0.2) is 103 Å². The summed E-state index contributed by atoms with van der Waals surface area (Å²) in [5.41, 5.74) is 8.28. The molecule has 0 saturated heterocycles. The number of fused-ring (bicyclic) bond motifs is 1. The highest BCUT2D eigenvalue weighted by atomic mass is 16.5. The van der Waals surface area contributed by atoms with E-state index in [0.29, 0.717) is 22.8 Å². The number of hydrogen-bond acceptors (Lipinski definition) is 4. The van der Waals surface area contributed by atoms with Gasteiger partial charge in [-0.25, -0.2) is 4.98 Å². The summed E-state index contributed by atoms with van der Waals surface area (Å²) in [4.78, 5) is 21.1. The second-order valence-corrected chi connectivity index (χ2v) is 7.80. The first kappa shape index (κ1) is 23.4. The number of imidazole rings is 1. The molecular weight excluding hydrogens is 440 g/mol. The molecule has 0 atom stereocenters. The van der Waals surface area contributed by atoms with Crippen molar-refractivity contribution in [1.82, 2.24) is 9.97 Å². The quantitative estimate of drug-likeness (QED) is 0.147. The number of H-pyrrole nitrogens is 1. The molecule has 5 aromatic rings. The Morgan fingerprint density at radius 3 is 2.20 bits per heavy atom. The highest BCUT2D eigenvalue weighted by molar-refractivity contribution is 6.29. The van der Waals surface area contributed by atoms with Gasteiger partial charge in [0.25, 0.3) is 5.91 Å². The molecule has 1 amide bonds. The lowest BCUT2D eigenvalue weighted by atomic mass is 10.0. The van der Waals surface area contributed by atoms with Crippen LogP contribution in [0.25, 0.3) is 34.1 Å². The smallest absolute Gasteiger partial charge is 0.256 e. The van der Waals surface area contributed by atoms with E-state index in [1.54, 1.807) is 12.1 Å². The first-order chi connectivity index (χ1) is 16.7. The Balaban J connectivity index is 0.00000180. The molecule has 0 spiro atoms. The maximum Gasteiger partial charge on any atom is 0.256 e. The lowest BCUT2D eigenvalue weighted by molar-refractivity contribution is -0.111. The van der Waals surface area contributed by atoms with Gasteiger partial charge in [-0.05, 0) is 59.7 Å². The fraction of sp³-hybridized carbons (Fsp3) is 0. The second-order valence-electron chi connectivity index (χ2n) is 7.80. The van der Waals surface area contributed by atoms with Crippen molar-refractivity contribution in [3.05, 3.63) is 114 Å². The number of carbonyl (C=O) groups is 1. The number of carbonyl (C=O) groups excluding carboxylic acids is 1. The molecule has 176 valence electrons. The zero-order valence-corrected chi connectivity index (χ0v) is 18.7. The predicted molar refractivity (Wildman–Crippen MR) is 142 cm³/mol. The van der Waals surface area contributed by atoms with Crippen molar-refractivity contribution < 1.29 is 16.9 Å². The number of nitrogens with one attached hydrogen (secondary N) is 3. The molecular formula is C28H26N4O3. The van der Waals surface area contributed by atoms with E-state index in [-0.39, 0.29) is 12.8 Å². The van der Waals surface area contributed by atoms with Crippen molar-refractivity contribution in [3.63, 3.8) is 0 Å². The normalized spacial score (nSPS) is 11.1. The Kier molecular flexibility index (Phi) is 7.02. The van der Waals surface area contributed by atoms with Crippen LogP contribution in [0, 0.1) is 0 Å². The van der Waals surface area contributed by atoms with E-state index in [1.807, 2.05) is 97.1 Å². The third-order valence-corrected chi connectivity index (χ3v) is 5.47. The van der Waals surface area contributed by atoms with Gasteiger partial charge in [-0.2, -0.15) is 0 Å². The molecule has 1 aromatic heterocycles. The summed E-state index contributed by atoms with van der Waals surface area (Å²) in [5.74, 6) is 0.521. The van der Waals surface area contributed by atoms with Crippen molar-refractivity contribution in [1.29, 1.82) is 0 Å². The molecule has 0 saturated carbocycles. The van der Waals surface area contributed by atoms with Crippen molar-refractivity contribution in [2.24, 2.45) is 0 Å². The monoisotopic (exact) mass is 466 g/mol. The number of aromatic amines is 1. The van der Waals surface area contributed by atoms with E-state index < -0.39 is 0 Å². The molecule has 0 fully saturated rings. The van der Waals surface area contributed by atoms with E-state index in [2.05, 4.69) is 20.8 Å². The summed E-state index contributed by atoms with van der Waals surface area (Å²) in [6, 6.07) is 32.3. The summed E-state index contributed by atoms with van der Waals surface area (Å²) in [5, 5.41) is 12.1. The molecule has 7 heteroatoms. The van der Waals surface area contributed by atoms with E-state index in [1.165, 1.54) is 0 Å². The number of anilines is 2. The van der Waals surface area contributed by atoms with Crippen LogP contribution in [0.5, 0.6) is 0 Å². The molecule has 0 radical (unpaired) electrons. The average Bonchev–Trinajstić information content (AvgIpc) is 3.32. The highest BCUT2D eigenvalue weighted by Gasteiger charge is 2.13. The molecule has 6 N–H and O–H groups in total. The molecule has 0 unspecified atom stereocenters. The van der Waals surface area contributed by atoms with Gasteiger partial charge in [0.15, 0.2) is 0 Å². The largest absolute Gasteiger partial charge is 0.412 e. The Morgan fingerprint density at radius 1 is 0.857 bits per heavy atom. The van der Waals surface area contributed by atoms with E-state index >= 15 is 0 Å². The first-order valence-electron chi connectivity index (χ1n) is 10.8. The Hall–Kier alpha value is -4.72. The predicted octanol–water partition coefficient (Wildman–Crippen LogP) is 5.63. The lowest BCUT2D eigenvalue weighted by Crippen LogP contribution is -2.13. The van der Waals surface area contributed by atoms with E-state index in [4.69, 9.17) is 5.21 Å². The first-order valence-corrected chi connectivity index (χ1v) is 10.8. The molecule has 35 heavy (non-hydrogen) atoms. The molecule has 0 aliphatic carbocycles. The number of amides is 1. The minimum atomic E-state index is -0.185. The number of benzene rings is 4. The fourth-order valence-corrected chi connectivity index (χ4v) is 3.74. The van der Waals surface area contributed by atoms with E-state index in [9.17, 15) is 4.79 Å². The second kappa shape index (κ2) is 10.5. The molecule has 0 aliphatic rings. The highest BCUT2D eigenvalue weighted by Crippen LogP contribution is 2.25. The molecule has 5 rings (SSSR count). The SMILES string of the molecule is O.O=C(Nc1ccc(-c2nc3ccc(NO)cc3[nH]2)cc1)/C(=C/c1ccccc1)c1ccccc1.[HH]. The van der Waals surface area contributed by atoms with Crippen molar-refractivity contribution in [2.75, 3.05) is 10.8 Å². The van der Waals surface area contributed by atoms with Crippen LogP contribution in [0.3, 0.4) is 0 Å². The minimum absolute atomic E-state index is 0. The van der Waals surface area contributed by atoms with Crippen LogP contribution in [-0.2, 0) is 4.79 Å². The van der Waals surface area contributed by atoms with Gasteiger partial charge in [0.2, 0.25) is 0 Å². The van der Waals surface area contributed by atoms with Crippen LogP contribution in [0.4, 0.5) is 11.4 Å². The summed E-state index contributed by atoms with van der Waals surface area (Å²) >= 11 is 0. The third kappa shape index (κ3) is 5.27. The minimum Gasteiger partial charge on any atom is -0.412 e. The van der Waals surface area contributed by atoms with Crippen molar-refractivity contribution >= 4 is 40.0 Å². The zero-order valence-electron chi connectivity index (χ0n) is 18.7. The van der Waals surface area contributed by atoms with Crippen LogP contribution in [0.2, 0.25) is 0 Å². The van der Waals surface area contributed by atoms with Gasteiger partial charge < -0.3 is 15.8 Å². The van der Waals surface area contributed by atoms with Gasteiger partial charge in [0.1, 0.15) is 5.82 Å². The molecule has 1 heterocycles. The van der Waals surface area contributed by atoms with Crippen molar-refractivity contribution in [2.45, 2.75) is 0 Å². The van der Waals surface area contributed by atoms with Crippen LogP contribution >= 0.6 is 0 Å². The summed E-state index contributed by atoms with van der Waals surface area (Å²) in [6.45, 7) is 0. The Morgan fingerprint density at radius 2 is 1.51 bits per heavy atom. The fourth-order valence-electron chi connectivity index (χ4n) is 3.74. The number of hydrogen-bond donors (Lipinski definition) is 4. The maximum atomic E-state index is 13.2. The van der Waals surface area contributed by atoms with Crippen LogP contribution in [-0.4, -0.2) is 26.6 Å². The zero-order chi connectivity index (χ0) is 23.3.